The molecule has 0 unspecified atom stereocenters. The predicted octanol–water partition coefficient (Wildman–Crippen LogP) is 2.87. The number of aliphatic hydroxyl groups is 1. The molecule has 2 aliphatic rings. The molecule has 1 aromatic heterocycles. The van der Waals surface area contributed by atoms with Crippen molar-refractivity contribution in [1.29, 1.82) is 0 Å². The third-order valence-electron chi connectivity index (χ3n) is 3.95. The zero-order valence-corrected chi connectivity index (χ0v) is 11.4. The second kappa shape index (κ2) is 5.61. The lowest BCUT2D eigenvalue weighted by Gasteiger charge is -2.27. The van der Waals surface area contributed by atoms with Crippen molar-refractivity contribution >= 4 is 11.8 Å². The van der Waals surface area contributed by atoms with Crippen LogP contribution in [-0.2, 0) is 5.75 Å². The quantitative estimate of drug-likeness (QED) is 0.910. The summed E-state index contributed by atoms with van der Waals surface area (Å²) in [4.78, 5) is 4.44. The lowest BCUT2D eigenvalue weighted by Crippen LogP contribution is -2.26. The Morgan fingerprint density at radius 3 is 2.72 bits per heavy atom. The molecule has 3 rings (SSSR count). The summed E-state index contributed by atoms with van der Waals surface area (Å²) >= 11 is 1.97. The second-order valence-corrected chi connectivity index (χ2v) is 6.73. The van der Waals surface area contributed by atoms with Crippen molar-refractivity contribution in [1.82, 2.24) is 10.1 Å². The van der Waals surface area contributed by atoms with E-state index < -0.39 is 0 Å². The monoisotopic (exact) mass is 268 g/mol. The third kappa shape index (κ3) is 2.88. The molecule has 0 amide bonds. The van der Waals surface area contributed by atoms with Crippen LogP contribution in [0.4, 0.5) is 0 Å². The molecule has 2 fully saturated rings. The van der Waals surface area contributed by atoms with Crippen LogP contribution in [0.1, 0.15) is 62.6 Å². The van der Waals surface area contributed by atoms with Gasteiger partial charge in [0, 0.05) is 11.2 Å². The molecule has 100 valence electrons. The van der Waals surface area contributed by atoms with Gasteiger partial charge in [-0.1, -0.05) is 24.4 Å². The molecule has 1 N–H and O–H groups in total. The van der Waals surface area contributed by atoms with E-state index in [1.807, 2.05) is 11.8 Å². The first-order chi connectivity index (χ1) is 8.81. The van der Waals surface area contributed by atoms with Crippen LogP contribution in [0.15, 0.2) is 4.52 Å². The molecule has 0 atom stereocenters. The SMILES string of the molecule is OC1CC(c2nc(CSC3CCCCC3)no2)C1. The van der Waals surface area contributed by atoms with Gasteiger partial charge in [0.2, 0.25) is 5.89 Å². The lowest BCUT2D eigenvalue weighted by molar-refractivity contribution is 0.0625. The Morgan fingerprint density at radius 2 is 2.00 bits per heavy atom. The molecule has 18 heavy (non-hydrogen) atoms. The highest BCUT2D eigenvalue weighted by molar-refractivity contribution is 7.99. The number of aromatic nitrogens is 2. The van der Waals surface area contributed by atoms with Crippen molar-refractivity contribution in [2.24, 2.45) is 0 Å². The molecule has 0 aromatic carbocycles. The van der Waals surface area contributed by atoms with Crippen LogP contribution in [0.3, 0.4) is 0 Å². The summed E-state index contributed by atoms with van der Waals surface area (Å²) in [5.41, 5.74) is 0. The molecule has 5 heteroatoms. The number of thioether (sulfide) groups is 1. The van der Waals surface area contributed by atoms with Crippen LogP contribution in [0, 0.1) is 0 Å². The van der Waals surface area contributed by atoms with Crippen LogP contribution in [0.25, 0.3) is 0 Å². The molecule has 0 aliphatic heterocycles. The van der Waals surface area contributed by atoms with Crippen LogP contribution in [0.5, 0.6) is 0 Å². The van der Waals surface area contributed by atoms with Gasteiger partial charge in [-0.15, -0.1) is 0 Å². The smallest absolute Gasteiger partial charge is 0.229 e. The van der Waals surface area contributed by atoms with Crippen molar-refractivity contribution in [3.8, 4) is 0 Å². The number of hydrogen-bond acceptors (Lipinski definition) is 5. The Bertz CT molecular complexity index is 384. The Morgan fingerprint density at radius 1 is 1.22 bits per heavy atom. The van der Waals surface area contributed by atoms with Crippen molar-refractivity contribution in [3.05, 3.63) is 11.7 Å². The minimum atomic E-state index is -0.165. The summed E-state index contributed by atoms with van der Waals surface area (Å²) < 4.78 is 5.27. The zero-order chi connectivity index (χ0) is 12.4. The Hall–Kier alpha value is -0.550. The van der Waals surface area contributed by atoms with Gasteiger partial charge in [0.25, 0.3) is 0 Å². The fourth-order valence-corrected chi connectivity index (χ4v) is 3.87. The summed E-state index contributed by atoms with van der Waals surface area (Å²) in [6, 6.07) is 0. The van der Waals surface area contributed by atoms with Gasteiger partial charge in [-0.25, -0.2) is 0 Å². The normalized spacial score (nSPS) is 29.2. The van der Waals surface area contributed by atoms with Gasteiger partial charge >= 0.3 is 0 Å². The molecule has 1 aromatic rings. The second-order valence-electron chi connectivity index (χ2n) is 5.44. The summed E-state index contributed by atoms with van der Waals surface area (Å²) in [6.45, 7) is 0. The summed E-state index contributed by atoms with van der Waals surface area (Å²) in [5.74, 6) is 2.70. The van der Waals surface area contributed by atoms with Gasteiger partial charge in [0.15, 0.2) is 5.82 Å². The first kappa shape index (κ1) is 12.5. The van der Waals surface area contributed by atoms with Gasteiger partial charge in [0.1, 0.15) is 0 Å². The van der Waals surface area contributed by atoms with Crippen molar-refractivity contribution in [2.45, 2.75) is 68.0 Å². The maximum absolute atomic E-state index is 9.27. The van der Waals surface area contributed by atoms with E-state index in [2.05, 4.69) is 10.1 Å². The molecule has 4 nitrogen and oxygen atoms in total. The van der Waals surface area contributed by atoms with E-state index in [9.17, 15) is 5.11 Å². The van der Waals surface area contributed by atoms with Crippen LogP contribution in [-0.4, -0.2) is 26.6 Å². The molecule has 2 aliphatic carbocycles. The van der Waals surface area contributed by atoms with E-state index in [1.165, 1.54) is 32.1 Å². The molecule has 2 saturated carbocycles. The molecule has 1 heterocycles. The maximum Gasteiger partial charge on any atom is 0.229 e. The average Bonchev–Trinajstić information content (AvgIpc) is 2.82. The van der Waals surface area contributed by atoms with Gasteiger partial charge in [-0.2, -0.15) is 16.7 Å². The molecular weight excluding hydrogens is 248 g/mol. The molecule has 0 spiro atoms. The van der Waals surface area contributed by atoms with Crippen molar-refractivity contribution in [2.75, 3.05) is 0 Å². The van der Waals surface area contributed by atoms with Crippen LogP contribution >= 0.6 is 11.8 Å². The Kier molecular flexibility index (Phi) is 3.89. The summed E-state index contributed by atoms with van der Waals surface area (Å²) in [7, 11) is 0. The summed E-state index contributed by atoms with van der Waals surface area (Å²) in [5, 5.41) is 14.1. The lowest BCUT2D eigenvalue weighted by atomic mass is 9.82. The highest BCUT2D eigenvalue weighted by Crippen LogP contribution is 2.36. The van der Waals surface area contributed by atoms with Gasteiger partial charge < -0.3 is 9.63 Å². The fourth-order valence-electron chi connectivity index (χ4n) is 2.71. The highest BCUT2D eigenvalue weighted by Gasteiger charge is 2.33. The van der Waals surface area contributed by atoms with Gasteiger partial charge in [-0.3, -0.25) is 0 Å². The number of nitrogens with zero attached hydrogens (tertiary/aromatic N) is 2. The van der Waals surface area contributed by atoms with E-state index in [0.29, 0.717) is 5.92 Å². The Balaban J connectivity index is 1.47. The maximum atomic E-state index is 9.27. The summed E-state index contributed by atoms with van der Waals surface area (Å²) in [6.07, 6.45) is 8.20. The third-order valence-corrected chi connectivity index (χ3v) is 5.31. The van der Waals surface area contributed by atoms with Crippen LogP contribution in [0.2, 0.25) is 0 Å². The number of rotatable bonds is 4. The average molecular weight is 268 g/mol. The van der Waals surface area contributed by atoms with Crippen molar-refractivity contribution < 1.29 is 9.63 Å². The van der Waals surface area contributed by atoms with Gasteiger partial charge in [-0.05, 0) is 25.7 Å². The van der Waals surface area contributed by atoms with E-state index in [1.54, 1.807) is 0 Å². The highest BCUT2D eigenvalue weighted by atomic mass is 32.2. The van der Waals surface area contributed by atoms with Crippen LogP contribution < -0.4 is 0 Å². The van der Waals surface area contributed by atoms with Crippen molar-refractivity contribution in [3.63, 3.8) is 0 Å². The number of hydrogen-bond donors (Lipinski definition) is 1. The molecule has 0 saturated heterocycles. The minimum absolute atomic E-state index is 0.165. The zero-order valence-electron chi connectivity index (χ0n) is 10.5. The largest absolute Gasteiger partial charge is 0.393 e. The first-order valence-electron chi connectivity index (χ1n) is 6.93. The van der Waals surface area contributed by atoms with E-state index in [4.69, 9.17) is 4.52 Å². The van der Waals surface area contributed by atoms with E-state index in [-0.39, 0.29) is 6.10 Å². The van der Waals surface area contributed by atoms with Gasteiger partial charge in [0.05, 0.1) is 11.9 Å². The topological polar surface area (TPSA) is 59.2 Å². The standard InChI is InChI=1S/C13H20N2O2S/c16-10-6-9(7-10)13-14-12(15-17-13)8-18-11-4-2-1-3-5-11/h9-11,16H,1-8H2. The Labute approximate surface area is 112 Å². The van der Waals surface area contributed by atoms with E-state index >= 15 is 0 Å². The molecule has 0 bridgehead atoms. The predicted molar refractivity (Wildman–Crippen MR) is 70.4 cm³/mol. The fraction of sp³-hybridized carbons (Fsp3) is 0.846. The van der Waals surface area contributed by atoms with E-state index in [0.717, 1.165) is 35.6 Å². The number of aliphatic hydroxyl groups excluding tert-OH is 1. The first-order valence-corrected chi connectivity index (χ1v) is 7.98. The molecular formula is C13H20N2O2S. The molecule has 0 radical (unpaired) electrons. The minimum Gasteiger partial charge on any atom is -0.393 e.